The summed E-state index contributed by atoms with van der Waals surface area (Å²) in [4.78, 5) is 25.6. The van der Waals surface area contributed by atoms with Gasteiger partial charge in [0.2, 0.25) is 0 Å². The van der Waals surface area contributed by atoms with Crippen LogP contribution in [0.2, 0.25) is 0 Å². The monoisotopic (exact) mass is 349 g/mol. The molecule has 1 saturated heterocycles. The number of nitrogens with zero attached hydrogens (tertiary/aromatic N) is 1. The minimum Gasteiger partial charge on any atom is -0.478 e. The predicted octanol–water partition coefficient (Wildman–Crippen LogP) is 4.66. The SMILES string of the molecule is O=C(O)c1ccc(C=CC(=O)c2ccc(N3CCCCCC3)cc2)cc1. The van der Waals surface area contributed by atoms with Gasteiger partial charge in [-0.1, -0.05) is 31.1 Å². The summed E-state index contributed by atoms with van der Waals surface area (Å²) in [7, 11) is 0. The number of allylic oxidation sites excluding steroid dienone is 1. The van der Waals surface area contributed by atoms with E-state index in [-0.39, 0.29) is 11.3 Å². The highest BCUT2D eigenvalue weighted by Crippen LogP contribution is 2.20. The highest BCUT2D eigenvalue weighted by atomic mass is 16.4. The van der Waals surface area contributed by atoms with Crippen LogP contribution >= 0.6 is 0 Å². The summed E-state index contributed by atoms with van der Waals surface area (Å²) in [6.07, 6.45) is 8.28. The number of carboxylic acid groups (broad SMARTS) is 1. The van der Waals surface area contributed by atoms with Crippen molar-refractivity contribution in [3.63, 3.8) is 0 Å². The van der Waals surface area contributed by atoms with Crippen molar-refractivity contribution < 1.29 is 14.7 Å². The predicted molar refractivity (Wildman–Crippen MR) is 104 cm³/mol. The van der Waals surface area contributed by atoms with Crippen molar-refractivity contribution in [3.05, 3.63) is 71.3 Å². The zero-order valence-electron chi connectivity index (χ0n) is 14.7. The third-order valence-electron chi connectivity index (χ3n) is 4.71. The molecule has 0 radical (unpaired) electrons. The molecule has 0 bridgehead atoms. The van der Waals surface area contributed by atoms with Crippen molar-refractivity contribution in [1.82, 2.24) is 0 Å². The second-order valence-corrected chi connectivity index (χ2v) is 6.57. The van der Waals surface area contributed by atoms with Gasteiger partial charge in [0.1, 0.15) is 0 Å². The number of anilines is 1. The third kappa shape index (κ3) is 4.60. The molecule has 4 heteroatoms. The van der Waals surface area contributed by atoms with Gasteiger partial charge in [-0.3, -0.25) is 4.79 Å². The van der Waals surface area contributed by atoms with E-state index in [9.17, 15) is 9.59 Å². The lowest BCUT2D eigenvalue weighted by Gasteiger charge is -2.22. The van der Waals surface area contributed by atoms with Crippen molar-refractivity contribution in [2.45, 2.75) is 25.7 Å². The second-order valence-electron chi connectivity index (χ2n) is 6.57. The van der Waals surface area contributed by atoms with E-state index < -0.39 is 5.97 Å². The van der Waals surface area contributed by atoms with Crippen molar-refractivity contribution in [2.75, 3.05) is 18.0 Å². The molecular weight excluding hydrogens is 326 g/mol. The molecule has 0 aromatic heterocycles. The van der Waals surface area contributed by atoms with Crippen LogP contribution in [0.3, 0.4) is 0 Å². The lowest BCUT2D eigenvalue weighted by Crippen LogP contribution is -2.23. The number of ketones is 1. The van der Waals surface area contributed by atoms with Gasteiger partial charge >= 0.3 is 5.97 Å². The van der Waals surface area contributed by atoms with E-state index in [0.29, 0.717) is 5.56 Å². The van der Waals surface area contributed by atoms with Crippen LogP contribution < -0.4 is 4.90 Å². The fourth-order valence-electron chi connectivity index (χ4n) is 3.17. The smallest absolute Gasteiger partial charge is 0.335 e. The molecule has 0 aliphatic carbocycles. The van der Waals surface area contributed by atoms with Crippen LogP contribution in [0.4, 0.5) is 5.69 Å². The number of benzene rings is 2. The molecule has 26 heavy (non-hydrogen) atoms. The van der Waals surface area contributed by atoms with Crippen molar-refractivity contribution in [1.29, 1.82) is 0 Å². The molecular formula is C22H23NO3. The molecule has 0 saturated carbocycles. The van der Waals surface area contributed by atoms with Gasteiger partial charge in [0, 0.05) is 24.3 Å². The van der Waals surface area contributed by atoms with Gasteiger partial charge in [0.25, 0.3) is 0 Å². The van der Waals surface area contributed by atoms with E-state index in [1.807, 2.05) is 24.3 Å². The Morgan fingerprint density at radius 3 is 1.96 bits per heavy atom. The van der Waals surface area contributed by atoms with Gasteiger partial charge in [-0.05, 0) is 60.9 Å². The Balaban J connectivity index is 1.64. The summed E-state index contributed by atoms with van der Waals surface area (Å²) >= 11 is 0. The maximum Gasteiger partial charge on any atom is 0.335 e. The molecule has 2 aromatic rings. The van der Waals surface area contributed by atoms with E-state index in [2.05, 4.69) is 4.90 Å². The maximum atomic E-state index is 12.3. The van der Waals surface area contributed by atoms with Gasteiger partial charge in [0.05, 0.1) is 5.56 Å². The highest BCUT2D eigenvalue weighted by Gasteiger charge is 2.10. The molecule has 1 aliphatic rings. The summed E-state index contributed by atoms with van der Waals surface area (Å²) in [5, 5.41) is 8.90. The van der Waals surface area contributed by atoms with Crippen LogP contribution in [-0.4, -0.2) is 29.9 Å². The summed E-state index contributed by atoms with van der Waals surface area (Å²) < 4.78 is 0. The summed E-state index contributed by atoms with van der Waals surface area (Å²) in [5.74, 6) is -1.02. The second kappa shape index (κ2) is 8.48. The number of aromatic carboxylic acids is 1. The first kappa shape index (κ1) is 17.9. The normalized spacial score (nSPS) is 15.0. The lowest BCUT2D eigenvalue weighted by molar-refractivity contribution is 0.0696. The zero-order chi connectivity index (χ0) is 18.4. The van der Waals surface area contributed by atoms with Crippen molar-refractivity contribution in [3.8, 4) is 0 Å². The molecule has 0 atom stereocenters. The third-order valence-corrected chi connectivity index (χ3v) is 4.71. The van der Waals surface area contributed by atoms with Gasteiger partial charge in [-0.25, -0.2) is 4.79 Å². The van der Waals surface area contributed by atoms with Crippen molar-refractivity contribution >= 4 is 23.5 Å². The van der Waals surface area contributed by atoms with Crippen molar-refractivity contribution in [2.24, 2.45) is 0 Å². The van der Waals surface area contributed by atoms with Crippen LogP contribution in [0.5, 0.6) is 0 Å². The average molecular weight is 349 g/mol. The van der Waals surface area contributed by atoms with Gasteiger partial charge in [-0.15, -0.1) is 0 Å². The molecule has 1 aliphatic heterocycles. The van der Waals surface area contributed by atoms with Gasteiger partial charge in [-0.2, -0.15) is 0 Å². The van der Waals surface area contributed by atoms with Crippen LogP contribution in [-0.2, 0) is 0 Å². The molecule has 1 heterocycles. The molecule has 1 N–H and O–H groups in total. The van der Waals surface area contributed by atoms with Crippen LogP contribution in [0.1, 0.15) is 52.0 Å². The molecule has 0 spiro atoms. The molecule has 0 amide bonds. The Morgan fingerprint density at radius 2 is 1.38 bits per heavy atom. The number of carbonyl (C=O) groups excluding carboxylic acids is 1. The van der Waals surface area contributed by atoms with Crippen LogP contribution in [0.15, 0.2) is 54.6 Å². The first-order valence-electron chi connectivity index (χ1n) is 9.04. The first-order valence-corrected chi connectivity index (χ1v) is 9.04. The molecule has 0 unspecified atom stereocenters. The Morgan fingerprint density at radius 1 is 0.808 bits per heavy atom. The summed E-state index contributed by atoms with van der Waals surface area (Å²) in [6, 6.07) is 14.2. The van der Waals surface area contributed by atoms with E-state index in [1.54, 1.807) is 18.2 Å². The fourth-order valence-corrected chi connectivity index (χ4v) is 3.17. The molecule has 134 valence electrons. The van der Waals surface area contributed by atoms with E-state index in [0.717, 1.165) is 18.7 Å². The Bertz CT molecular complexity index is 783. The van der Waals surface area contributed by atoms with E-state index in [4.69, 9.17) is 5.11 Å². The standard InChI is InChI=1S/C22H23NO3/c24-21(14-7-17-5-8-19(9-6-17)22(25)26)18-10-12-20(13-11-18)23-15-3-1-2-4-16-23/h5-14H,1-4,15-16H2,(H,25,26). The fraction of sp³-hybridized carbons (Fsp3) is 0.273. The van der Waals surface area contributed by atoms with E-state index >= 15 is 0 Å². The molecule has 2 aromatic carbocycles. The minimum atomic E-state index is -0.957. The average Bonchev–Trinajstić information content (AvgIpc) is 2.96. The number of hydrogen-bond acceptors (Lipinski definition) is 3. The van der Waals surface area contributed by atoms with Gasteiger partial charge < -0.3 is 10.0 Å². The molecule has 3 rings (SSSR count). The lowest BCUT2D eigenvalue weighted by atomic mass is 10.1. The summed E-state index contributed by atoms with van der Waals surface area (Å²) in [5.41, 5.74) is 2.86. The summed E-state index contributed by atoms with van der Waals surface area (Å²) in [6.45, 7) is 2.17. The molecule has 4 nitrogen and oxygen atoms in total. The zero-order valence-corrected chi connectivity index (χ0v) is 14.7. The first-order chi connectivity index (χ1) is 12.6. The number of carboxylic acids is 1. The Labute approximate surface area is 153 Å². The Hall–Kier alpha value is -2.88. The highest BCUT2D eigenvalue weighted by molar-refractivity contribution is 6.07. The number of hydrogen-bond donors (Lipinski definition) is 1. The molecule has 1 fully saturated rings. The number of carbonyl (C=O) groups is 2. The van der Waals surface area contributed by atoms with Crippen LogP contribution in [0, 0.1) is 0 Å². The van der Waals surface area contributed by atoms with E-state index in [1.165, 1.54) is 49.6 Å². The van der Waals surface area contributed by atoms with Crippen LogP contribution in [0.25, 0.3) is 6.08 Å². The number of rotatable bonds is 5. The Kier molecular flexibility index (Phi) is 5.84. The minimum absolute atomic E-state index is 0.0604. The topological polar surface area (TPSA) is 57.6 Å². The van der Waals surface area contributed by atoms with Gasteiger partial charge in [0.15, 0.2) is 5.78 Å². The quantitative estimate of drug-likeness (QED) is 0.630. The largest absolute Gasteiger partial charge is 0.478 e. The maximum absolute atomic E-state index is 12.3.